The summed E-state index contributed by atoms with van der Waals surface area (Å²) in [6.45, 7) is 12.7. The zero-order valence-corrected chi connectivity index (χ0v) is 28.7. The molecule has 2 aliphatic rings. The minimum atomic E-state index is -2.01. The van der Waals surface area contributed by atoms with Gasteiger partial charge in [-0.2, -0.15) is 11.3 Å². The molecule has 0 bridgehead atoms. The molecule has 216 valence electrons. The number of halogens is 1. The summed E-state index contributed by atoms with van der Waals surface area (Å²) in [5, 5.41) is 2.90. The summed E-state index contributed by atoms with van der Waals surface area (Å²) >= 11 is 6.04. The van der Waals surface area contributed by atoms with Gasteiger partial charge in [-0.1, -0.05) is 90.6 Å². The largest absolute Gasteiger partial charge is 0.353 e. The third-order valence-electron chi connectivity index (χ3n) is 8.38. The van der Waals surface area contributed by atoms with Crippen molar-refractivity contribution in [2.24, 2.45) is 0 Å². The van der Waals surface area contributed by atoms with Crippen LogP contribution in [0.4, 0.5) is 0 Å². The maximum atomic E-state index is 6.25. The van der Waals surface area contributed by atoms with Crippen LogP contribution in [0.3, 0.4) is 0 Å². The Kier molecular flexibility index (Phi) is 10.2. The fourth-order valence-electron chi connectivity index (χ4n) is 5.92. The monoisotopic (exact) mass is 658 g/mol. The number of thiophene rings is 1. The first-order valence-electron chi connectivity index (χ1n) is 14.7. The van der Waals surface area contributed by atoms with Gasteiger partial charge in [0.2, 0.25) is 0 Å². The van der Waals surface area contributed by atoms with Gasteiger partial charge in [0, 0.05) is 22.2 Å². The maximum absolute atomic E-state index is 6.25. The fraction of sp³-hybridized carbons (Fsp3) is 0.500. The number of benzene rings is 2. The first-order valence-corrected chi connectivity index (χ1v) is 22.3. The van der Waals surface area contributed by atoms with Crippen molar-refractivity contribution in [1.82, 2.24) is 0 Å². The molecule has 3 heterocycles. The van der Waals surface area contributed by atoms with Gasteiger partial charge in [-0.05, 0) is 70.6 Å². The van der Waals surface area contributed by atoms with Crippen LogP contribution in [0, 0.1) is 0 Å². The van der Waals surface area contributed by atoms with E-state index < -0.39 is 16.1 Å². The molecule has 2 atom stereocenters. The quantitative estimate of drug-likeness (QED) is 0.242. The summed E-state index contributed by atoms with van der Waals surface area (Å²) < 4.78 is 28.4. The molecule has 5 rings (SSSR count). The molecule has 0 aliphatic carbocycles. The summed E-state index contributed by atoms with van der Waals surface area (Å²) in [7, 11) is -3.99. The smallest absolute Gasteiger partial charge is 0.158 e. The Labute approximate surface area is 254 Å². The summed E-state index contributed by atoms with van der Waals surface area (Å²) in [6.07, 6.45) is 6.46. The van der Waals surface area contributed by atoms with Crippen LogP contribution in [0.25, 0.3) is 0 Å². The second-order valence-electron chi connectivity index (χ2n) is 12.1. The molecule has 2 fully saturated rings. The van der Waals surface area contributed by atoms with Gasteiger partial charge in [-0.15, -0.1) is 0 Å². The van der Waals surface area contributed by atoms with Gasteiger partial charge < -0.3 is 18.9 Å². The SMILES string of the molecule is C[Si](C)(c1cc(Br)c([Si](C)(C)c2ccccc2COC2CCCCO2)s1)c1ccccc1COC1CCCCO1. The third-order valence-corrected chi connectivity index (χ3v) is 20.5. The van der Waals surface area contributed by atoms with Gasteiger partial charge in [0.25, 0.3) is 0 Å². The van der Waals surface area contributed by atoms with E-state index in [-0.39, 0.29) is 12.6 Å². The first-order chi connectivity index (χ1) is 19.3. The molecule has 2 aromatic carbocycles. The molecule has 0 radical (unpaired) electrons. The van der Waals surface area contributed by atoms with Gasteiger partial charge in [-0.25, -0.2) is 0 Å². The Balaban J connectivity index is 1.38. The van der Waals surface area contributed by atoms with Crippen molar-refractivity contribution in [2.75, 3.05) is 13.2 Å². The Hall–Kier alpha value is -1.11. The van der Waals surface area contributed by atoms with Crippen molar-refractivity contribution in [3.8, 4) is 0 Å². The molecular formula is C32H43BrO4SSi2. The lowest BCUT2D eigenvalue weighted by Crippen LogP contribution is -2.55. The van der Waals surface area contributed by atoms with E-state index in [9.17, 15) is 0 Å². The zero-order chi connectivity index (χ0) is 28.2. The molecule has 0 saturated carbocycles. The van der Waals surface area contributed by atoms with Crippen LogP contribution in [-0.4, -0.2) is 41.9 Å². The van der Waals surface area contributed by atoms with E-state index in [4.69, 9.17) is 18.9 Å². The Morgan fingerprint density at radius 3 is 1.75 bits per heavy atom. The lowest BCUT2D eigenvalue weighted by molar-refractivity contribution is -0.169. The molecule has 2 aliphatic heterocycles. The molecule has 1 aromatic heterocycles. The highest BCUT2D eigenvalue weighted by atomic mass is 79.9. The lowest BCUT2D eigenvalue weighted by Gasteiger charge is -2.28. The lowest BCUT2D eigenvalue weighted by atomic mass is 10.2. The second-order valence-corrected chi connectivity index (χ2v) is 23.3. The van der Waals surface area contributed by atoms with Gasteiger partial charge in [0.15, 0.2) is 12.6 Å². The normalized spacial score (nSPS) is 20.5. The number of ether oxygens (including phenoxy) is 4. The average molecular weight is 660 g/mol. The van der Waals surface area contributed by atoms with Crippen LogP contribution in [0.1, 0.15) is 49.7 Å². The van der Waals surface area contributed by atoms with Crippen molar-refractivity contribution in [3.05, 3.63) is 70.2 Å². The Bertz CT molecular complexity index is 1270. The minimum Gasteiger partial charge on any atom is -0.353 e. The van der Waals surface area contributed by atoms with Crippen LogP contribution in [0.5, 0.6) is 0 Å². The molecule has 8 heteroatoms. The van der Waals surface area contributed by atoms with Crippen molar-refractivity contribution in [1.29, 1.82) is 0 Å². The van der Waals surface area contributed by atoms with Crippen molar-refractivity contribution >= 4 is 62.8 Å². The van der Waals surface area contributed by atoms with Crippen LogP contribution >= 0.6 is 27.3 Å². The van der Waals surface area contributed by atoms with Gasteiger partial charge >= 0.3 is 0 Å². The summed E-state index contributed by atoms with van der Waals surface area (Å²) in [5.41, 5.74) is 2.59. The average Bonchev–Trinajstić information content (AvgIpc) is 3.40. The van der Waals surface area contributed by atoms with Crippen LogP contribution < -0.4 is 19.4 Å². The van der Waals surface area contributed by atoms with E-state index >= 15 is 0 Å². The van der Waals surface area contributed by atoms with Crippen molar-refractivity contribution in [2.45, 2.75) is 90.5 Å². The zero-order valence-electron chi connectivity index (χ0n) is 24.3. The molecule has 4 nitrogen and oxygen atoms in total. The number of rotatable bonds is 10. The standard InChI is InChI=1S/C32H43BrO4SSi2/c1-39(2,27-15-7-5-13-24(27)22-36-29-17-9-11-19-34-29)31-21-26(33)32(38-31)40(3,4)28-16-8-6-14-25(28)23-37-30-18-10-12-20-35-30/h5-8,13-16,21,29-30H,9-12,17-20,22-23H2,1-4H3. The molecule has 2 saturated heterocycles. The van der Waals surface area contributed by atoms with Gasteiger partial charge in [0.05, 0.1) is 13.2 Å². The van der Waals surface area contributed by atoms with E-state index in [2.05, 4.69) is 96.7 Å². The molecule has 0 spiro atoms. The Morgan fingerprint density at radius 1 is 0.750 bits per heavy atom. The van der Waals surface area contributed by atoms with E-state index in [0.29, 0.717) is 13.2 Å². The van der Waals surface area contributed by atoms with Crippen LogP contribution in [-0.2, 0) is 32.2 Å². The topological polar surface area (TPSA) is 36.9 Å². The van der Waals surface area contributed by atoms with E-state index in [1.807, 2.05) is 11.3 Å². The summed E-state index contributed by atoms with van der Waals surface area (Å²) in [5.74, 6) is 0. The van der Waals surface area contributed by atoms with E-state index in [1.54, 1.807) is 0 Å². The number of hydrogen-bond acceptors (Lipinski definition) is 5. The predicted octanol–water partition coefficient (Wildman–Crippen LogP) is 6.24. The molecule has 0 N–H and O–H groups in total. The molecule has 2 unspecified atom stereocenters. The highest BCUT2D eigenvalue weighted by molar-refractivity contribution is 9.10. The van der Waals surface area contributed by atoms with E-state index in [0.717, 1.165) is 38.9 Å². The predicted molar refractivity (Wildman–Crippen MR) is 175 cm³/mol. The van der Waals surface area contributed by atoms with Crippen molar-refractivity contribution < 1.29 is 18.9 Å². The molecule has 3 aromatic rings. The highest BCUT2D eigenvalue weighted by Crippen LogP contribution is 2.23. The molecule has 0 amide bonds. The molecule has 40 heavy (non-hydrogen) atoms. The van der Waals surface area contributed by atoms with Crippen LogP contribution in [0.2, 0.25) is 26.2 Å². The third kappa shape index (κ3) is 6.92. The summed E-state index contributed by atoms with van der Waals surface area (Å²) in [4.78, 5) is 0. The fourth-order valence-corrected chi connectivity index (χ4v) is 17.1. The summed E-state index contributed by atoms with van der Waals surface area (Å²) in [6, 6.07) is 20.2. The van der Waals surface area contributed by atoms with Crippen LogP contribution in [0.15, 0.2) is 59.1 Å². The maximum Gasteiger partial charge on any atom is 0.158 e. The van der Waals surface area contributed by atoms with Crippen molar-refractivity contribution in [3.63, 3.8) is 0 Å². The molecular weight excluding hydrogens is 616 g/mol. The first kappa shape index (κ1) is 30.4. The Morgan fingerprint density at radius 2 is 1.25 bits per heavy atom. The minimum absolute atomic E-state index is 0.0745. The van der Waals surface area contributed by atoms with Gasteiger partial charge in [-0.3, -0.25) is 0 Å². The van der Waals surface area contributed by atoms with E-state index in [1.165, 1.54) is 47.8 Å². The highest BCUT2D eigenvalue weighted by Gasteiger charge is 2.37. The number of hydrogen-bond donors (Lipinski definition) is 0. The van der Waals surface area contributed by atoms with Gasteiger partial charge in [0.1, 0.15) is 16.1 Å². The second kappa shape index (κ2) is 13.5.